The van der Waals surface area contributed by atoms with Crippen LogP contribution in [0.15, 0.2) is 35.1 Å². The fraction of sp³-hybridized carbons (Fsp3) is 0.583. The maximum atomic E-state index is 12.6. The van der Waals surface area contributed by atoms with Crippen molar-refractivity contribution < 1.29 is 4.74 Å². The van der Waals surface area contributed by atoms with Crippen LogP contribution in [-0.2, 0) is 12.8 Å². The first-order chi connectivity index (χ1) is 14.3. The molecule has 0 radical (unpaired) electrons. The molecule has 1 atom stereocenters. The van der Waals surface area contributed by atoms with E-state index in [1.807, 2.05) is 12.1 Å². The van der Waals surface area contributed by atoms with Gasteiger partial charge in [0.2, 0.25) is 0 Å². The molecule has 0 bridgehead atoms. The fourth-order valence-electron chi connectivity index (χ4n) is 5.30. The van der Waals surface area contributed by atoms with Crippen molar-refractivity contribution in [1.29, 1.82) is 0 Å². The van der Waals surface area contributed by atoms with Crippen LogP contribution in [0.25, 0.3) is 0 Å². The predicted octanol–water partition coefficient (Wildman–Crippen LogP) is 3.76. The Morgan fingerprint density at radius 2 is 1.90 bits per heavy atom. The molecule has 1 unspecified atom stereocenters. The first kappa shape index (κ1) is 18.9. The van der Waals surface area contributed by atoms with Gasteiger partial charge in [-0.05, 0) is 75.0 Å². The van der Waals surface area contributed by atoms with E-state index in [0.29, 0.717) is 12.0 Å². The molecule has 1 aromatic heterocycles. The summed E-state index contributed by atoms with van der Waals surface area (Å²) >= 11 is 0. The molecule has 1 N–H and O–H groups in total. The zero-order valence-corrected chi connectivity index (χ0v) is 17.1. The number of fused-ring (bicyclic) bond motifs is 2. The number of nitrogens with zero attached hydrogens (tertiary/aromatic N) is 2. The summed E-state index contributed by atoms with van der Waals surface area (Å²) in [6.45, 7) is 1.82. The number of nitrogens with one attached hydrogen (secondary N) is 1. The van der Waals surface area contributed by atoms with Gasteiger partial charge in [0.15, 0.2) is 0 Å². The lowest BCUT2D eigenvalue weighted by Gasteiger charge is -2.32. The van der Waals surface area contributed by atoms with Gasteiger partial charge in [0.1, 0.15) is 5.75 Å². The van der Waals surface area contributed by atoms with E-state index >= 15 is 0 Å². The fourth-order valence-corrected chi connectivity index (χ4v) is 5.30. The molecule has 5 nitrogen and oxygen atoms in total. The molecular weight excluding hydrogens is 362 g/mol. The van der Waals surface area contributed by atoms with Gasteiger partial charge in [0.05, 0.1) is 18.3 Å². The maximum Gasteiger partial charge on any atom is 0.267 e. The first-order valence-electron chi connectivity index (χ1n) is 11.3. The number of hydrogen-bond donors (Lipinski definition) is 1. The lowest BCUT2D eigenvalue weighted by molar-refractivity contribution is 0.243. The van der Waals surface area contributed by atoms with Gasteiger partial charge in [-0.2, -0.15) is 5.10 Å². The van der Waals surface area contributed by atoms with Crippen molar-refractivity contribution in [3.63, 3.8) is 0 Å². The molecule has 154 valence electrons. The normalized spacial score (nSPS) is 26.3. The third-order valence-electron chi connectivity index (χ3n) is 7.01. The largest absolute Gasteiger partial charge is 0.493 e. The number of rotatable bonds is 4. The molecule has 1 fully saturated rings. The Morgan fingerprint density at radius 3 is 2.79 bits per heavy atom. The number of hydrogen-bond acceptors (Lipinski definition) is 4. The molecule has 2 heterocycles. The van der Waals surface area contributed by atoms with Crippen molar-refractivity contribution in [1.82, 2.24) is 15.1 Å². The standard InChI is InChI=1S/C24H31N3O2/c28-24-15-17-5-1-3-7-22(17)26-27(24)20-11-9-19(10-12-20)25-16-18-13-14-29-23-8-4-2-6-21(18)23/h2,4,6,8,15,18-20,25H,1,3,5,7,9-14,16H2. The van der Waals surface area contributed by atoms with Crippen LogP contribution in [-0.4, -0.2) is 29.0 Å². The monoisotopic (exact) mass is 393 g/mol. The minimum atomic E-state index is 0.0980. The van der Waals surface area contributed by atoms with E-state index in [1.165, 1.54) is 24.0 Å². The lowest BCUT2D eigenvalue weighted by atomic mass is 9.89. The Balaban J connectivity index is 1.18. The maximum absolute atomic E-state index is 12.6. The summed E-state index contributed by atoms with van der Waals surface area (Å²) in [4.78, 5) is 12.6. The number of para-hydroxylation sites is 1. The zero-order valence-electron chi connectivity index (χ0n) is 17.1. The van der Waals surface area contributed by atoms with E-state index in [0.717, 1.165) is 69.5 Å². The van der Waals surface area contributed by atoms with E-state index in [2.05, 4.69) is 23.5 Å². The lowest BCUT2D eigenvalue weighted by Crippen LogP contribution is -2.39. The van der Waals surface area contributed by atoms with Gasteiger partial charge in [-0.15, -0.1) is 0 Å². The van der Waals surface area contributed by atoms with Gasteiger partial charge in [0, 0.05) is 24.6 Å². The minimum absolute atomic E-state index is 0.0980. The molecule has 0 saturated heterocycles. The third kappa shape index (κ3) is 3.97. The molecule has 0 amide bonds. The Kier molecular flexibility index (Phi) is 5.40. The predicted molar refractivity (Wildman–Crippen MR) is 114 cm³/mol. The molecule has 29 heavy (non-hydrogen) atoms. The van der Waals surface area contributed by atoms with Gasteiger partial charge in [-0.3, -0.25) is 4.79 Å². The van der Waals surface area contributed by atoms with Crippen molar-refractivity contribution in [3.8, 4) is 5.75 Å². The molecule has 2 aromatic rings. The molecule has 5 heteroatoms. The molecule has 5 rings (SSSR count). The van der Waals surface area contributed by atoms with E-state index in [9.17, 15) is 4.79 Å². The molecule has 1 aromatic carbocycles. The topological polar surface area (TPSA) is 56.2 Å². The summed E-state index contributed by atoms with van der Waals surface area (Å²) < 4.78 is 7.59. The van der Waals surface area contributed by atoms with Gasteiger partial charge in [-0.25, -0.2) is 4.68 Å². The van der Waals surface area contributed by atoms with Crippen LogP contribution < -0.4 is 15.6 Å². The highest BCUT2D eigenvalue weighted by Crippen LogP contribution is 2.34. The summed E-state index contributed by atoms with van der Waals surface area (Å²) in [6.07, 6.45) is 9.80. The van der Waals surface area contributed by atoms with Crippen molar-refractivity contribution in [3.05, 3.63) is 57.5 Å². The van der Waals surface area contributed by atoms with Gasteiger partial charge >= 0.3 is 0 Å². The Morgan fingerprint density at radius 1 is 1.07 bits per heavy atom. The number of ether oxygens (including phenoxy) is 1. The quantitative estimate of drug-likeness (QED) is 0.859. The molecule has 1 saturated carbocycles. The van der Waals surface area contributed by atoms with Crippen LogP contribution >= 0.6 is 0 Å². The van der Waals surface area contributed by atoms with E-state index in [-0.39, 0.29) is 11.6 Å². The summed E-state index contributed by atoms with van der Waals surface area (Å²) in [5.74, 6) is 1.58. The minimum Gasteiger partial charge on any atom is -0.493 e. The van der Waals surface area contributed by atoms with Gasteiger partial charge < -0.3 is 10.1 Å². The Hall–Kier alpha value is -2.14. The highest BCUT2D eigenvalue weighted by Gasteiger charge is 2.27. The number of aryl methyl sites for hydroxylation is 2. The van der Waals surface area contributed by atoms with Gasteiger partial charge in [-0.1, -0.05) is 18.2 Å². The van der Waals surface area contributed by atoms with Gasteiger partial charge in [0.25, 0.3) is 5.56 Å². The van der Waals surface area contributed by atoms with Crippen LogP contribution in [0.4, 0.5) is 0 Å². The second-order valence-electron chi connectivity index (χ2n) is 8.89. The van der Waals surface area contributed by atoms with Crippen molar-refractivity contribution in [2.45, 2.75) is 75.8 Å². The van der Waals surface area contributed by atoms with Crippen LogP contribution in [0, 0.1) is 0 Å². The smallest absolute Gasteiger partial charge is 0.267 e. The summed E-state index contributed by atoms with van der Waals surface area (Å²) in [5.41, 5.74) is 3.78. The number of benzene rings is 1. The SMILES string of the molecule is O=c1cc2c(nn1C1CCC(NCC3CCOc4ccccc43)CC1)CCCC2. The molecule has 0 spiro atoms. The van der Waals surface area contributed by atoms with E-state index in [4.69, 9.17) is 9.84 Å². The Labute approximate surface area is 172 Å². The van der Waals surface area contributed by atoms with Crippen LogP contribution in [0.1, 0.15) is 73.7 Å². The molecule has 1 aliphatic heterocycles. The Bertz CT molecular complexity index is 915. The van der Waals surface area contributed by atoms with Crippen LogP contribution in [0.5, 0.6) is 5.75 Å². The average molecular weight is 394 g/mol. The van der Waals surface area contributed by atoms with E-state index < -0.39 is 0 Å². The molecular formula is C24H31N3O2. The average Bonchev–Trinajstić information content (AvgIpc) is 2.77. The first-order valence-corrected chi connectivity index (χ1v) is 11.3. The second-order valence-corrected chi connectivity index (χ2v) is 8.89. The highest BCUT2D eigenvalue weighted by atomic mass is 16.5. The molecule has 3 aliphatic rings. The summed E-state index contributed by atoms with van der Waals surface area (Å²) in [6, 6.07) is 11.1. The van der Waals surface area contributed by atoms with Crippen molar-refractivity contribution >= 4 is 0 Å². The zero-order chi connectivity index (χ0) is 19.6. The van der Waals surface area contributed by atoms with Crippen LogP contribution in [0.3, 0.4) is 0 Å². The summed E-state index contributed by atoms with van der Waals surface area (Å²) in [7, 11) is 0. The third-order valence-corrected chi connectivity index (χ3v) is 7.01. The highest BCUT2D eigenvalue weighted by molar-refractivity contribution is 5.37. The number of aromatic nitrogens is 2. The second kappa shape index (κ2) is 8.31. The van der Waals surface area contributed by atoms with Crippen molar-refractivity contribution in [2.24, 2.45) is 0 Å². The summed E-state index contributed by atoms with van der Waals surface area (Å²) in [5, 5.41) is 8.58. The van der Waals surface area contributed by atoms with Crippen LogP contribution in [0.2, 0.25) is 0 Å². The molecule has 2 aliphatic carbocycles. The van der Waals surface area contributed by atoms with E-state index in [1.54, 1.807) is 4.68 Å². The van der Waals surface area contributed by atoms with Crippen molar-refractivity contribution in [2.75, 3.05) is 13.2 Å².